The Morgan fingerprint density at radius 1 is 1.21 bits per heavy atom. The van der Waals surface area contributed by atoms with Crippen LogP contribution in [0.25, 0.3) is 0 Å². The molecule has 1 aliphatic heterocycles. The molecule has 2 rings (SSSR count). The van der Waals surface area contributed by atoms with Crippen molar-refractivity contribution in [2.24, 2.45) is 17.6 Å². The smallest absolute Gasteiger partial charge is 0.0499 e. The molecule has 0 radical (unpaired) electrons. The SMILES string of the molecule is CCC(N)C(c1ccc(Br)cc1)N1CC(C)C(C)C1. The Morgan fingerprint density at radius 3 is 2.21 bits per heavy atom. The van der Waals surface area contributed by atoms with Crippen molar-refractivity contribution in [1.82, 2.24) is 4.90 Å². The highest BCUT2D eigenvalue weighted by Crippen LogP contribution is 2.33. The van der Waals surface area contributed by atoms with Crippen molar-refractivity contribution < 1.29 is 0 Å². The minimum Gasteiger partial charge on any atom is -0.326 e. The zero-order valence-corrected chi connectivity index (χ0v) is 13.7. The topological polar surface area (TPSA) is 29.3 Å². The summed E-state index contributed by atoms with van der Waals surface area (Å²) in [5.74, 6) is 1.53. The third kappa shape index (κ3) is 3.39. The molecule has 4 atom stereocenters. The molecule has 1 aromatic rings. The van der Waals surface area contributed by atoms with Gasteiger partial charge in [0.1, 0.15) is 0 Å². The highest BCUT2D eigenvalue weighted by Gasteiger charge is 2.34. The highest BCUT2D eigenvalue weighted by atomic mass is 79.9. The van der Waals surface area contributed by atoms with Crippen LogP contribution in [0.5, 0.6) is 0 Å². The van der Waals surface area contributed by atoms with Gasteiger partial charge in [0.25, 0.3) is 0 Å². The highest BCUT2D eigenvalue weighted by molar-refractivity contribution is 9.10. The van der Waals surface area contributed by atoms with E-state index in [1.807, 2.05) is 0 Å². The number of likely N-dealkylation sites (tertiary alicyclic amines) is 1. The molecule has 3 heteroatoms. The summed E-state index contributed by atoms with van der Waals surface area (Å²) in [5, 5.41) is 0. The van der Waals surface area contributed by atoms with Gasteiger partial charge in [0, 0.05) is 29.6 Å². The lowest BCUT2D eigenvalue weighted by Crippen LogP contribution is -2.40. The molecule has 0 saturated carbocycles. The quantitative estimate of drug-likeness (QED) is 0.912. The summed E-state index contributed by atoms with van der Waals surface area (Å²) in [6.07, 6.45) is 1.01. The number of hydrogen-bond donors (Lipinski definition) is 1. The molecule has 4 unspecified atom stereocenters. The summed E-state index contributed by atoms with van der Waals surface area (Å²) in [6, 6.07) is 9.21. The van der Waals surface area contributed by atoms with Crippen LogP contribution in [0.4, 0.5) is 0 Å². The second-order valence-corrected chi connectivity index (χ2v) is 6.89. The molecule has 0 aliphatic carbocycles. The number of nitrogens with zero attached hydrogens (tertiary/aromatic N) is 1. The second kappa shape index (κ2) is 6.38. The van der Waals surface area contributed by atoms with E-state index in [0.29, 0.717) is 6.04 Å². The van der Waals surface area contributed by atoms with Gasteiger partial charge in [0.2, 0.25) is 0 Å². The van der Waals surface area contributed by atoms with E-state index in [0.717, 1.165) is 35.8 Å². The van der Waals surface area contributed by atoms with Crippen LogP contribution < -0.4 is 5.73 Å². The number of halogens is 1. The molecule has 1 heterocycles. The summed E-state index contributed by atoms with van der Waals surface area (Å²) in [4.78, 5) is 2.58. The zero-order valence-electron chi connectivity index (χ0n) is 12.1. The maximum atomic E-state index is 6.40. The molecule has 1 aliphatic rings. The van der Waals surface area contributed by atoms with Gasteiger partial charge in [-0.15, -0.1) is 0 Å². The average molecular weight is 325 g/mol. The maximum Gasteiger partial charge on any atom is 0.0499 e. The normalized spacial score (nSPS) is 27.4. The van der Waals surface area contributed by atoms with Crippen molar-refractivity contribution in [1.29, 1.82) is 0 Å². The molecule has 2 N–H and O–H groups in total. The van der Waals surface area contributed by atoms with E-state index in [2.05, 4.69) is 65.9 Å². The fourth-order valence-corrected chi connectivity index (χ4v) is 3.28. The fraction of sp³-hybridized carbons (Fsp3) is 0.625. The fourth-order valence-electron chi connectivity index (χ4n) is 3.01. The number of hydrogen-bond acceptors (Lipinski definition) is 2. The van der Waals surface area contributed by atoms with Crippen LogP contribution in [0, 0.1) is 11.8 Å². The molecule has 0 aromatic heterocycles. The Bertz CT molecular complexity index is 394. The van der Waals surface area contributed by atoms with Gasteiger partial charge in [-0.3, -0.25) is 4.90 Å². The summed E-state index contributed by atoms with van der Waals surface area (Å²) in [7, 11) is 0. The molecular weight excluding hydrogens is 300 g/mol. The van der Waals surface area contributed by atoms with Crippen molar-refractivity contribution in [3.63, 3.8) is 0 Å². The third-order valence-corrected chi connectivity index (χ3v) is 5.03. The first-order chi connectivity index (χ1) is 9.02. The van der Waals surface area contributed by atoms with E-state index in [9.17, 15) is 0 Å². The van der Waals surface area contributed by atoms with Gasteiger partial charge in [-0.05, 0) is 36.0 Å². The second-order valence-electron chi connectivity index (χ2n) is 5.98. The van der Waals surface area contributed by atoms with Crippen molar-refractivity contribution >= 4 is 15.9 Å². The van der Waals surface area contributed by atoms with Crippen molar-refractivity contribution in [3.8, 4) is 0 Å². The van der Waals surface area contributed by atoms with Gasteiger partial charge in [-0.1, -0.05) is 48.8 Å². The van der Waals surface area contributed by atoms with Crippen LogP contribution >= 0.6 is 15.9 Å². The molecular formula is C16H25BrN2. The number of benzene rings is 1. The maximum absolute atomic E-state index is 6.40. The average Bonchev–Trinajstić information content (AvgIpc) is 2.71. The van der Waals surface area contributed by atoms with Crippen LogP contribution in [-0.2, 0) is 0 Å². The van der Waals surface area contributed by atoms with E-state index in [-0.39, 0.29) is 6.04 Å². The molecule has 19 heavy (non-hydrogen) atoms. The van der Waals surface area contributed by atoms with Crippen LogP contribution in [0.15, 0.2) is 28.7 Å². The Morgan fingerprint density at radius 2 is 1.74 bits per heavy atom. The van der Waals surface area contributed by atoms with Gasteiger partial charge in [0.05, 0.1) is 0 Å². The predicted molar refractivity (Wildman–Crippen MR) is 85.1 cm³/mol. The summed E-state index contributed by atoms with van der Waals surface area (Å²) in [5.41, 5.74) is 7.75. The van der Waals surface area contributed by atoms with Gasteiger partial charge in [-0.2, -0.15) is 0 Å². The van der Waals surface area contributed by atoms with Gasteiger partial charge >= 0.3 is 0 Å². The predicted octanol–water partition coefficient (Wildman–Crippen LogP) is 3.82. The standard InChI is InChI=1S/C16H25BrN2/c1-4-15(18)16(13-5-7-14(17)8-6-13)19-9-11(2)12(3)10-19/h5-8,11-12,15-16H,4,9-10,18H2,1-3H3. The molecule has 0 bridgehead atoms. The van der Waals surface area contributed by atoms with E-state index >= 15 is 0 Å². The Balaban J connectivity index is 2.24. The zero-order chi connectivity index (χ0) is 14.0. The molecule has 1 fully saturated rings. The first-order valence-electron chi connectivity index (χ1n) is 7.28. The summed E-state index contributed by atoms with van der Waals surface area (Å²) >= 11 is 3.51. The van der Waals surface area contributed by atoms with Crippen LogP contribution in [0.3, 0.4) is 0 Å². The molecule has 2 nitrogen and oxygen atoms in total. The Labute approximate surface area is 125 Å². The lowest BCUT2D eigenvalue weighted by Gasteiger charge is -2.33. The van der Waals surface area contributed by atoms with Crippen LogP contribution in [0.2, 0.25) is 0 Å². The molecule has 1 aromatic carbocycles. The van der Waals surface area contributed by atoms with Crippen molar-refractivity contribution in [3.05, 3.63) is 34.3 Å². The van der Waals surface area contributed by atoms with Crippen LogP contribution in [0.1, 0.15) is 38.8 Å². The van der Waals surface area contributed by atoms with Crippen LogP contribution in [-0.4, -0.2) is 24.0 Å². The lowest BCUT2D eigenvalue weighted by molar-refractivity contribution is 0.200. The van der Waals surface area contributed by atoms with E-state index in [1.54, 1.807) is 0 Å². The van der Waals surface area contributed by atoms with Gasteiger partial charge in [-0.25, -0.2) is 0 Å². The Hall–Kier alpha value is -0.380. The van der Waals surface area contributed by atoms with E-state index in [4.69, 9.17) is 5.73 Å². The molecule has 1 saturated heterocycles. The minimum absolute atomic E-state index is 0.207. The largest absolute Gasteiger partial charge is 0.326 e. The summed E-state index contributed by atoms with van der Waals surface area (Å²) in [6.45, 7) is 9.20. The number of rotatable bonds is 4. The number of nitrogens with two attached hydrogens (primary N) is 1. The first-order valence-corrected chi connectivity index (χ1v) is 8.07. The molecule has 0 spiro atoms. The Kier molecular flexibility index (Phi) is 5.04. The minimum atomic E-state index is 0.207. The van der Waals surface area contributed by atoms with Crippen molar-refractivity contribution in [2.45, 2.75) is 39.3 Å². The van der Waals surface area contributed by atoms with Crippen molar-refractivity contribution in [2.75, 3.05) is 13.1 Å². The van der Waals surface area contributed by atoms with Gasteiger partial charge in [0.15, 0.2) is 0 Å². The van der Waals surface area contributed by atoms with E-state index in [1.165, 1.54) is 5.56 Å². The molecule has 0 amide bonds. The van der Waals surface area contributed by atoms with E-state index < -0.39 is 0 Å². The molecule has 106 valence electrons. The van der Waals surface area contributed by atoms with Gasteiger partial charge < -0.3 is 5.73 Å². The summed E-state index contributed by atoms with van der Waals surface area (Å²) < 4.78 is 1.13. The third-order valence-electron chi connectivity index (χ3n) is 4.50. The monoisotopic (exact) mass is 324 g/mol. The lowest BCUT2D eigenvalue weighted by atomic mass is 9.96. The first kappa shape index (κ1) is 15.0.